The summed E-state index contributed by atoms with van der Waals surface area (Å²) in [6.45, 7) is 9.49. The van der Waals surface area contributed by atoms with E-state index in [2.05, 4.69) is 93.4 Å². The Hall–Kier alpha value is -2.19. The van der Waals surface area contributed by atoms with Crippen LogP contribution in [0.15, 0.2) is 66.9 Å². The fourth-order valence-corrected chi connectivity index (χ4v) is 4.98. The molecule has 0 amide bonds. The summed E-state index contributed by atoms with van der Waals surface area (Å²) in [5, 5.41) is 1.51. The van der Waals surface area contributed by atoms with Gasteiger partial charge in [0.25, 0.3) is 0 Å². The van der Waals surface area contributed by atoms with Crippen LogP contribution in [0.2, 0.25) is 19.6 Å². The van der Waals surface area contributed by atoms with Crippen molar-refractivity contribution in [3.8, 4) is 22.4 Å². The maximum absolute atomic E-state index is 4.82. The lowest BCUT2D eigenvalue weighted by Gasteiger charge is -2.21. The second-order valence-corrected chi connectivity index (χ2v) is 13.1. The molecular weight excluding hydrogens is 330 g/mol. The van der Waals surface area contributed by atoms with Gasteiger partial charge in [-0.05, 0) is 40.8 Å². The molecule has 3 rings (SSSR count). The van der Waals surface area contributed by atoms with Crippen molar-refractivity contribution in [2.24, 2.45) is 0 Å². The summed E-state index contributed by atoms with van der Waals surface area (Å²) in [4.78, 5) is 4.82. The van der Waals surface area contributed by atoms with E-state index in [-0.39, 0.29) is 0 Å². The number of benzene rings is 2. The van der Waals surface area contributed by atoms with Gasteiger partial charge in [-0.25, -0.2) is 0 Å². The Morgan fingerprint density at radius 2 is 1.42 bits per heavy atom. The minimum atomic E-state index is -1.37. The Morgan fingerprint density at radius 1 is 0.808 bits per heavy atom. The molecule has 1 aromatic heterocycles. The number of aromatic nitrogens is 1. The third-order valence-corrected chi connectivity index (χ3v) is 6.95. The van der Waals surface area contributed by atoms with Crippen LogP contribution in [0.3, 0.4) is 0 Å². The van der Waals surface area contributed by atoms with E-state index in [1.54, 1.807) is 0 Å². The third-order valence-electron chi connectivity index (χ3n) is 4.89. The molecule has 134 valence electrons. The van der Waals surface area contributed by atoms with Gasteiger partial charge in [0.15, 0.2) is 0 Å². The molecule has 2 heteroatoms. The van der Waals surface area contributed by atoms with Gasteiger partial charge in [-0.1, -0.05) is 87.6 Å². The fourth-order valence-electron chi connectivity index (χ4n) is 3.37. The molecule has 0 spiro atoms. The molecule has 26 heavy (non-hydrogen) atoms. The minimum absolute atomic E-state index is 1.10. The summed E-state index contributed by atoms with van der Waals surface area (Å²) in [5.74, 6) is 0. The highest BCUT2D eigenvalue weighted by atomic mass is 28.3. The first-order valence-corrected chi connectivity index (χ1v) is 13.1. The van der Waals surface area contributed by atoms with Crippen LogP contribution in [0.5, 0.6) is 0 Å². The van der Waals surface area contributed by atoms with Crippen LogP contribution < -0.4 is 5.19 Å². The molecule has 0 aliphatic rings. The van der Waals surface area contributed by atoms with Crippen LogP contribution >= 0.6 is 0 Å². The van der Waals surface area contributed by atoms with Gasteiger partial charge in [-0.15, -0.1) is 0 Å². The number of aryl methyl sites for hydroxylation is 1. The molecule has 0 N–H and O–H groups in total. The van der Waals surface area contributed by atoms with Crippen LogP contribution in [0.4, 0.5) is 0 Å². The van der Waals surface area contributed by atoms with E-state index in [9.17, 15) is 0 Å². The predicted molar refractivity (Wildman–Crippen MR) is 117 cm³/mol. The molecule has 0 saturated carbocycles. The summed E-state index contributed by atoms with van der Waals surface area (Å²) in [6, 6.07) is 21.7. The zero-order valence-electron chi connectivity index (χ0n) is 16.4. The van der Waals surface area contributed by atoms with Gasteiger partial charge < -0.3 is 0 Å². The van der Waals surface area contributed by atoms with Crippen LogP contribution in [0, 0.1) is 0 Å². The maximum atomic E-state index is 4.82. The van der Waals surface area contributed by atoms with Gasteiger partial charge in [-0.2, -0.15) is 0 Å². The van der Waals surface area contributed by atoms with Crippen molar-refractivity contribution >= 4 is 13.3 Å². The molecule has 0 unspecified atom stereocenters. The third kappa shape index (κ3) is 4.31. The molecule has 0 aliphatic heterocycles. The minimum Gasteiger partial charge on any atom is -0.256 e. The van der Waals surface area contributed by atoms with E-state index >= 15 is 0 Å². The van der Waals surface area contributed by atoms with E-state index in [4.69, 9.17) is 4.98 Å². The Kier molecular flexibility index (Phi) is 5.73. The van der Waals surface area contributed by atoms with Crippen molar-refractivity contribution in [2.45, 2.75) is 45.8 Å². The number of hydrogen-bond donors (Lipinski definition) is 0. The molecule has 2 aromatic carbocycles. The zero-order chi connectivity index (χ0) is 18.6. The van der Waals surface area contributed by atoms with Crippen molar-refractivity contribution in [3.05, 3.63) is 72.4 Å². The van der Waals surface area contributed by atoms with E-state index in [1.165, 1.54) is 40.3 Å². The van der Waals surface area contributed by atoms with Gasteiger partial charge in [0.2, 0.25) is 0 Å². The van der Waals surface area contributed by atoms with Crippen LogP contribution in [-0.4, -0.2) is 13.1 Å². The number of hydrogen-bond acceptors (Lipinski definition) is 1. The molecular formula is C24H29NSi. The van der Waals surface area contributed by atoms with E-state index in [0.717, 1.165) is 12.1 Å². The average molecular weight is 360 g/mol. The molecule has 1 heterocycles. The monoisotopic (exact) mass is 359 g/mol. The van der Waals surface area contributed by atoms with E-state index < -0.39 is 8.07 Å². The van der Waals surface area contributed by atoms with E-state index in [0.29, 0.717) is 0 Å². The normalized spacial score (nSPS) is 11.5. The lowest BCUT2D eigenvalue weighted by molar-refractivity contribution is 0.796. The summed E-state index contributed by atoms with van der Waals surface area (Å²) >= 11 is 0. The van der Waals surface area contributed by atoms with Gasteiger partial charge in [0.05, 0.1) is 13.8 Å². The average Bonchev–Trinajstić information content (AvgIpc) is 2.66. The molecule has 0 bridgehead atoms. The molecule has 0 atom stereocenters. The maximum Gasteiger partial charge on any atom is 0.0799 e. The standard InChI is InChI=1S/C24H29NSi/c1-5-6-10-22-17-23(25-18-24(22)26(2,3)4)21-15-13-20(14-16-21)19-11-8-7-9-12-19/h7-9,11-18H,5-6,10H2,1-4H3. The molecule has 3 aromatic rings. The lowest BCUT2D eigenvalue weighted by Crippen LogP contribution is -2.40. The first kappa shape index (κ1) is 18.6. The van der Waals surface area contributed by atoms with Crippen molar-refractivity contribution in [3.63, 3.8) is 0 Å². The molecule has 0 radical (unpaired) electrons. The smallest absolute Gasteiger partial charge is 0.0799 e. The Morgan fingerprint density at radius 3 is 2.04 bits per heavy atom. The highest BCUT2D eigenvalue weighted by Crippen LogP contribution is 2.24. The summed E-state index contributed by atoms with van der Waals surface area (Å²) in [6.07, 6.45) is 5.79. The second kappa shape index (κ2) is 8.01. The van der Waals surface area contributed by atoms with Gasteiger partial charge in [-0.3, -0.25) is 4.98 Å². The first-order valence-electron chi connectivity index (χ1n) is 9.64. The molecule has 1 nitrogen and oxygen atoms in total. The van der Waals surface area contributed by atoms with Crippen LogP contribution in [-0.2, 0) is 6.42 Å². The number of nitrogens with zero attached hydrogens (tertiary/aromatic N) is 1. The summed E-state index contributed by atoms with van der Waals surface area (Å²) in [7, 11) is -1.37. The van der Waals surface area contributed by atoms with Crippen molar-refractivity contribution in [2.75, 3.05) is 0 Å². The summed E-state index contributed by atoms with van der Waals surface area (Å²) < 4.78 is 0. The second-order valence-electron chi connectivity index (χ2n) is 8.02. The fraction of sp³-hybridized carbons (Fsp3) is 0.292. The van der Waals surface area contributed by atoms with Crippen LogP contribution in [0.25, 0.3) is 22.4 Å². The predicted octanol–water partition coefficient (Wildman–Crippen LogP) is 6.30. The Bertz CT molecular complexity index is 846. The quantitative estimate of drug-likeness (QED) is 0.470. The summed E-state index contributed by atoms with van der Waals surface area (Å²) in [5.41, 5.74) is 6.30. The Labute approximate surface area is 159 Å². The van der Waals surface area contributed by atoms with Crippen molar-refractivity contribution < 1.29 is 0 Å². The topological polar surface area (TPSA) is 12.9 Å². The largest absolute Gasteiger partial charge is 0.256 e. The SMILES string of the molecule is CCCCc1cc(-c2ccc(-c3ccccc3)cc2)ncc1[Si](C)(C)C. The van der Waals surface area contributed by atoms with Crippen molar-refractivity contribution in [1.29, 1.82) is 0 Å². The number of pyridine rings is 1. The van der Waals surface area contributed by atoms with Gasteiger partial charge >= 0.3 is 0 Å². The molecule has 0 saturated heterocycles. The van der Waals surface area contributed by atoms with Gasteiger partial charge in [0, 0.05) is 11.8 Å². The number of rotatable bonds is 6. The lowest BCUT2D eigenvalue weighted by atomic mass is 10.0. The molecule has 0 aliphatic carbocycles. The highest BCUT2D eigenvalue weighted by molar-refractivity contribution is 6.89. The van der Waals surface area contributed by atoms with Crippen LogP contribution in [0.1, 0.15) is 25.3 Å². The molecule has 0 fully saturated rings. The zero-order valence-corrected chi connectivity index (χ0v) is 17.4. The highest BCUT2D eigenvalue weighted by Gasteiger charge is 2.21. The van der Waals surface area contributed by atoms with Gasteiger partial charge in [0.1, 0.15) is 0 Å². The first-order chi connectivity index (χ1) is 12.5. The van der Waals surface area contributed by atoms with Crippen molar-refractivity contribution in [1.82, 2.24) is 4.98 Å². The Balaban J connectivity index is 1.93. The number of unbranched alkanes of at least 4 members (excludes halogenated alkanes) is 1. The van der Waals surface area contributed by atoms with E-state index in [1.807, 2.05) is 0 Å².